The van der Waals surface area contributed by atoms with E-state index < -0.39 is 0 Å². The summed E-state index contributed by atoms with van der Waals surface area (Å²) in [5.41, 5.74) is 2.55. The molecule has 0 saturated carbocycles. The largest absolute Gasteiger partial charge is 0.291 e. The number of nitrogens with one attached hydrogen (secondary N) is 1. The Kier molecular flexibility index (Phi) is 4.66. The minimum Gasteiger partial charge on any atom is -0.291 e. The van der Waals surface area contributed by atoms with Crippen molar-refractivity contribution >= 4 is 11.7 Å². The Balaban J connectivity index is 2.26. The maximum atomic E-state index is 12.0. The zero-order chi connectivity index (χ0) is 13.7. The Morgan fingerprint density at radius 2 is 2.32 bits per heavy atom. The molecular formula is C15H21N3O. The zero-order valence-corrected chi connectivity index (χ0v) is 11.7. The highest BCUT2D eigenvalue weighted by molar-refractivity contribution is 5.96. The first kappa shape index (κ1) is 13.7. The van der Waals surface area contributed by atoms with Crippen molar-refractivity contribution in [2.24, 2.45) is 4.99 Å². The Bertz CT molecular complexity index is 555. The summed E-state index contributed by atoms with van der Waals surface area (Å²) in [5.74, 6) is 0.435. The van der Waals surface area contributed by atoms with Gasteiger partial charge in [0, 0.05) is 11.3 Å². The standard InChI is InChI=1S/C15H21N3O/c1-3-4-10-13-11(2)16-15(18-14(13)19)17-12-8-6-5-7-9-12/h6,8H,3-5,7,9-10H2,1-2H3,(H,16,18,19). The van der Waals surface area contributed by atoms with Gasteiger partial charge in [0.25, 0.3) is 5.56 Å². The summed E-state index contributed by atoms with van der Waals surface area (Å²) in [7, 11) is 0. The average Bonchev–Trinajstić information content (AvgIpc) is 2.39. The topological polar surface area (TPSA) is 58.1 Å². The lowest BCUT2D eigenvalue weighted by Gasteiger charge is -2.07. The summed E-state index contributed by atoms with van der Waals surface area (Å²) in [6.45, 7) is 4.01. The van der Waals surface area contributed by atoms with Crippen molar-refractivity contribution in [3.8, 4) is 0 Å². The highest BCUT2D eigenvalue weighted by Gasteiger charge is 2.08. The van der Waals surface area contributed by atoms with E-state index in [2.05, 4.69) is 28.0 Å². The van der Waals surface area contributed by atoms with E-state index in [1.165, 1.54) is 0 Å². The third kappa shape index (κ3) is 3.63. The molecule has 0 atom stereocenters. The average molecular weight is 259 g/mol. The first-order valence-electron chi connectivity index (χ1n) is 7.04. The molecule has 0 bridgehead atoms. The number of aryl methyl sites for hydroxylation is 1. The molecule has 102 valence electrons. The molecule has 0 aromatic carbocycles. The number of H-pyrrole nitrogens is 1. The predicted molar refractivity (Wildman–Crippen MR) is 78.3 cm³/mol. The van der Waals surface area contributed by atoms with Gasteiger partial charge in [0.15, 0.2) is 0 Å². The molecule has 1 aliphatic carbocycles. The number of allylic oxidation sites excluding steroid dienone is 2. The van der Waals surface area contributed by atoms with E-state index in [0.29, 0.717) is 5.95 Å². The van der Waals surface area contributed by atoms with Gasteiger partial charge in [0.1, 0.15) is 0 Å². The molecule has 1 aromatic rings. The fourth-order valence-electron chi connectivity index (χ4n) is 2.23. The highest BCUT2D eigenvalue weighted by atomic mass is 16.1. The van der Waals surface area contributed by atoms with Gasteiger partial charge in [-0.1, -0.05) is 19.4 Å². The second kappa shape index (κ2) is 6.45. The molecule has 0 spiro atoms. The molecular weight excluding hydrogens is 238 g/mol. The normalized spacial score (nSPS) is 17.1. The second-order valence-electron chi connectivity index (χ2n) is 4.95. The molecule has 1 heterocycles. The van der Waals surface area contributed by atoms with Crippen LogP contribution in [0, 0.1) is 6.92 Å². The number of aliphatic imine (C=N–C) groups is 1. The quantitative estimate of drug-likeness (QED) is 0.902. The second-order valence-corrected chi connectivity index (χ2v) is 4.95. The summed E-state index contributed by atoms with van der Waals surface area (Å²) >= 11 is 0. The lowest BCUT2D eigenvalue weighted by molar-refractivity contribution is 0.774. The van der Waals surface area contributed by atoms with Crippen molar-refractivity contribution in [2.75, 3.05) is 0 Å². The minimum absolute atomic E-state index is 0.0416. The van der Waals surface area contributed by atoms with Crippen LogP contribution in [0.1, 0.15) is 50.3 Å². The smallest absolute Gasteiger partial charge is 0.255 e. The van der Waals surface area contributed by atoms with E-state index in [4.69, 9.17) is 0 Å². The number of unbranched alkanes of at least 4 members (excludes halogenated alkanes) is 1. The van der Waals surface area contributed by atoms with Crippen molar-refractivity contribution in [2.45, 2.75) is 52.4 Å². The van der Waals surface area contributed by atoms with Gasteiger partial charge in [-0.25, -0.2) is 9.98 Å². The predicted octanol–water partition coefficient (Wildman–Crippen LogP) is 3.23. The molecule has 1 N–H and O–H groups in total. The lowest BCUT2D eigenvalue weighted by atomic mass is 10.1. The third-order valence-corrected chi connectivity index (χ3v) is 3.35. The molecule has 1 aliphatic rings. The number of rotatable bonds is 4. The molecule has 0 saturated heterocycles. The van der Waals surface area contributed by atoms with Gasteiger partial charge < -0.3 is 0 Å². The van der Waals surface area contributed by atoms with Gasteiger partial charge in [-0.05, 0) is 45.1 Å². The number of hydrogen-bond acceptors (Lipinski definition) is 3. The lowest BCUT2D eigenvalue weighted by Crippen LogP contribution is -2.16. The summed E-state index contributed by atoms with van der Waals surface area (Å²) < 4.78 is 0. The van der Waals surface area contributed by atoms with Crippen LogP contribution in [0.3, 0.4) is 0 Å². The number of nitrogens with zero attached hydrogens (tertiary/aromatic N) is 2. The van der Waals surface area contributed by atoms with E-state index in [-0.39, 0.29) is 5.56 Å². The zero-order valence-electron chi connectivity index (χ0n) is 11.7. The molecule has 0 radical (unpaired) electrons. The first-order chi connectivity index (χ1) is 9.20. The van der Waals surface area contributed by atoms with Gasteiger partial charge in [-0.2, -0.15) is 0 Å². The molecule has 0 fully saturated rings. The molecule has 0 unspecified atom stereocenters. The van der Waals surface area contributed by atoms with Crippen LogP contribution in [0.4, 0.5) is 5.95 Å². The van der Waals surface area contributed by atoms with Gasteiger partial charge in [0.05, 0.1) is 5.69 Å². The Morgan fingerprint density at radius 3 is 2.95 bits per heavy atom. The Labute approximate surface area is 113 Å². The van der Waals surface area contributed by atoms with Crippen LogP contribution in [0.25, 0.3) is 0 Å². The van der Waals surface area contributed by atoms with Gasteiger partial charge in [-0.15, -0.1) is 0 Å². The van der Waals surface area contributed by atoms with E-state index in [1.807, 2.05) is 13.0 Å². The van der Waals surface area contributed by atoms with E-state index >= 15 is 0 Å². The Hall–Kier alpha value is -1.71. The molecule has 4 heteroatoms. The summed E-state index contributed by atoms with van der Waals surface area (Å²) in [6, 6.07) is 0. The number of hydrogen-bond donors (Lipinski definition) is 1. The molecule has 1 aromatic heterocycles. The van der Waals surface area contributed by atoms with Crippen molar-refractivity contribution in [1.82, 2.24) is 9.97 Å². The van der Waals surface area contributed by atoms with Crippen LogP contribution in [0.15, 0.2) is 21.9 Å². The summed E-state index contributed by atoms with van der Waals surface area (Å²) in [5, 5.41) is 0. The monoisotopic (exact) mass is 259 g/mol. The third-order valence-electron chi connectivity index (χ3n) is 3.35. The van der Waals surface area contributed by atoms with Gasteiger partial charge in [-0.3, -0.25) is 9.78 Å². The van der Waals surface area contributed by atoms with Gasteiger partial charge >= 0.3 is 0 Å². The number of aromatic nitrogens is 2. The van der Waals surface area contributed by atoms with Crippen LogP contribution in [-0.2, 0) is 6.42 Å². The van der Waals surface area contributed by atoms with E-state index in [9.17, 15) is 4.79 Å². The molecule has 4 nitrogen and oxygen atoms in total. The van der Waals surface area contributed by atoms with Crippen LogP contribution >= 0.6 is 0 Å². The van der Waals surface area contributed by atoms with Crippen molar-refractivity contribution < 1.29 is 0 Å². The first-order valence-corrected chi connectivity index (χ1v) is 7.04. The fraction of sp³-hybridized carbons (Fsp3) is 0.533. The van der Waals surface area contributed by atoms with Crippen LogP contribution in [0.5, 0.6) is 0 Å². The maximum absolute atomic E-state index is 12.0. The van der Waals surface area contributed by atoms with Crippen molar-refractivity contribution in [1.29, 1.82) is 0 Å². The molecule has 0 amide bonds. The van der Waals surface area contributed by atoms with Gasteiger partial charge in [0.2, 0.25) is 5.95 Å². The summed E-state index contributed by atoms with van der Waals surface area (Å²) in [4.78, 5) is 23.6. The minimum atomic E-state index is -0.0416. The number of aromatic amines is 1. The highest BCUT2D eigenvalue weighted by Crippen LogP contribution is 2.13. The van der Waals surface area contributed by atoms with E-state index in [1.54, 1.807) is 0 Å². The van der Waals surface area contributed by atoms with Crippen LogP contribution < -0.4 is 5.56 Å². The molecule has 2 rings (SSSR count). The molecule has 0 aliphatic heterocycles. The Morgan fingerprint density at radius 1 is 1.47 bits per heavy atom. The van der Waals surface area contributed by atoms with Crippen molar-refractivity contribution in [3.63, 3.8) is 0 Å². The van der Waals surface area contributed by atoms with Crippen LogP contribution in [0.2, 0.25) is 0 Å². The SMILES string of the molecule is CCCCc1c(C)nc(N=C2C=CCCC2)[nH]c1=O. The maximum Gasteiger partial charge on any atom is 0.255 e. The van der Waals surface area contributed by atoms with Crippen LogP contribution in [-0.4, -0.2) is 15.7 Å². The van der Waals surface area contributed by atoms with Crippen molar-refractivity contribution in [3.05, 3.63) is 33.8 Å². The van der Waals surface area contributed by atoms with E-state index in [0.717, 1.165) is 55.5 Å². The molecule has 19 heavy (non-hydrogen) atoms. The summed E-state index contributed by atoms with van der Waals surface area (Å²) in [6.07, 6.45) is 10.2. The fourth-order valence-corrected chi connectivity index (χ4v) is 2.23.